The SMILES string of the molecule is CC(C)CN(Cc1ccc(CNC2CC2)cc1Br)C1CC1. The van der Waals surface area contributed by atoms with Gasteiger partial charge in [-0.1, -0.05) is 41.9 Å². The van der Waals surface area contributed by atoms with Crippen molar-refractivity contribution in [1.29, 1.82) is 0 Å². The van der Waals surface area contributed by atoms with Crippen LogP contribution in [0.1, 0.15) is 50.7 Å². The molecule has 0 amide bonds. The zero-order valence-electron chi connectivity index (χ0n) is 13.2. The standard InChI is InChI=1S/C18H27BrN2/c1-13(2)11-21(17-7-8-17)12-15-4-3-14(9-18(15)19)10-20-16-5-6-16/h3-4,9,13,16-17,20H,5-8,10-12H2,1-2H3. The van der Waals surface area contributed by atoms with Crippen LogP contribution < -0.4 is 5.32 Å². The predicted molar refractivity (Wildman–Crippen MR) is 92.3 cm³/mol. The molecule has 0 radical (unpaired) electrons. The molecule has 1 aromatic carbocycles. The largest absolute Gasteiger partial charge is 0.310 e. The number of nitrogens with one attached hydrogen (secondary N) is 1. The fraction of sp³-hybridized carbons (Fsp3) is 0.667. The van der Waals surface area contributed by atoms with Crippen LogP contribution in [-0.2, 0) is 13.1 Å². The van der Waals surface area contributed by atoms with E-state index >= 15 is 0 Å². The maximum Gasteiger partial charge on any atom is 0.0247 e. The van der Waals surface area contributed by atoms with Crippen molar-refractivity contribution in [2.45, 2.75) is 64.7 Å². The highest BCUT2D eigenvalue weighted by Gasteiger charge is 2.29. The summed E-state index contributed by atoms with van der Waals surface area (Å²) < 4.78 is 1.27. The number of nitrogens with zero attached hydrogens (tertiary/aromatic N) is 1. The summed E-state index contributed by atoms with van der Waals surface area (Å²) in [5.41, 5.74) is 2.82. The molecule has 2 aliphatic carbocycles. The fourth-order valence-corrected chi connectivity index (χ4v) is 3.40. The van der Waals surface area contributed by atoms with E-state index in [0.717, 1.165) is 31.1 Å². The zero-order chi connectivity index (χ0) is 14.8. The van der Waals surface area contributed by atoms with E-state index in [4.69, 9.17) is 0 Å². The third-order valence-electron chi connectivity index (χ3n) is 4.33. The van der Waals surface area contributed by atoms with Crippen molar-refractivity contribution < 1.29 is 0 Å². The number of hydrogen-bond donors (Lipinski definition) is 1. The van der Waals surface area contributed by atoms with Gasteiger partial charge in [0, 0.05) is 36.2 Å². The van der Waals surface area contributed by atoms with Gasteiger partial charge < -0.3 is 5.32 Å². The van der Waals surface area contributed by atoms with Gasteiger partial charge in [-0.25, -0.2) is 0 Å². The average Bonchev–Trinajstić information content (AvgIpc) is 3.30. The average molecular weight is 351 g/mol. The smallest absolute Gasteiger partial charge is 0.0247 e. The monoisotopic (exact) mass is 350 g/mol. The Kier molecular flexibility index (Phi) is 5.03. The molecule has 1 N–H and O–H groups in total. The Balaban J connectivity index is 1.60. The van der Waals surface area contributed by atoms with Gasteiger partial charge in [-0.2, -0.15) is 0 Å². The predicted octanol–water partition coefficient (Wildman–Crippen LogP) is 4.32. The minimum Gasteiger partial charge on any atom is -0.310 e. The molecule has 116 valence electrons. The molecule has 2 nitrogen and oxygen atoms in total. The molecule has 3 rings (SSSR count). The van der Waals surface area contributed by atoms with E-state index in [9.17, 15) is 0 Å². The van der Waals surface area contributed by atoms with Gasteiger partial charge in [0.1, 0.15) is 0 Å². The van der Waals surface area contributed by atoms with Crippen LogP contribution in [0.3, 0.4) is 0 Å². The van der Waals surface area contributed by atoms with Gasteiger partial charge in [0.25, 0.3) is 0 Å². The van der Waals surface area contributed by atoms with Crippen LogP contribution in [0.15, 0.2) is 22.7 Å². The molecule has 1 aromatic rings. The summed E-state index contributed by atoms with van der Waals surface area (Å²) in [7, 11) is 0. The maximum absolute atomic E-state index is 3.78. The second-order valence-corrected chi connectivity index (χ2v) is 7.99. The Morgan fingerprint density at radius 1 is 1.24 bits per heavy atom. The Bertz CT molecular complexity index is 478. The van der Waals surface area contributed by atoms with Crippen molar-refractivity contribution in [2.24, 2.45) is 5.92 Å². The first-order chi connectivity index (χ1) is 10.1. The van der Waals surface area contributed by atoms with Gasteiger partial charge in [0.15, 0.2) is 0 Å². The minimum atomic E-state index is 0.742. The highest BCUT2D eigenvalue weighted by Crippen LogP contribution is 2.31. The van der Waals surface area contributed by atoms with Gasteiger partial charge in [0.05, 0.1) is 0 Å². The summed E-state index contributed by atoms with van der Waals surface area (Å²) in [5.74, 6) is 0.742. The van der Waals surface area contributed by atoms with E-state index in [1.54, 1.807) is 0 Å². The molecular weight excluding hydrogens is 324 g/mol. The first kappa shape index (κ1) is 15.5. The van der Waals surface area contributed by atoms with Crippen molar-refractivity contribution in [3.8, 4) is 0 Å². The van der Waals surface area contributed by atoms with Crippen molar-refractivity contribution in [2.75, 3.05) is 6.54 Å². The normalized spacial score (nSPS) is 18.7. The lowest BCUT2D eigenvalue weighted by Crippen LogP contribution is -2.29. The molecule has 0 heterocycles. The molecule has 0 atom stereocenters. The molecule has 0 saturated heterocycles. The van der Waals surface area contributed by atoms with Gasteiger partial charge in [-0.3, -0.25) is 4.90 Å². The van der Waals surface area contributed by atoms with Crippen molar-refractivity contribution >= 4 is 15.9 Å². The second kappa shape index (κ2) is 6.80. The first-order valence-corrected chi connectivity index (χ1v) is 9.16. The van der Waals surface area contributed by atoms with Crippen molar-refractivity contribution in [3.05, 3.63) is 33.8 Å². The summed E-state index contributed by atoms with van der Waals surface area (Å²) in [5, 5.41) is 3.58. The summed E-state index contributed by atoms with van der Waals surface area (Å²) in [6.45, 7) is 7.93. The highest BCUT2D eigenvalue weighted by molar-refractivity contribution is 9.10. The first-order valence-electron chi connectivity index (χ1n) is 8.36. The van der Waals surface area contributed by atoms with E-state index in [-0.39, 0.29) is 0 Å². The van der Waals surface area contributed by atoms with E-state index < -0.39 is 0 Å². The molecule has 2 fully saturated rings. The van der Waals surface area contributed by atoms with Crippen molar-refractivity contribution in [1.82, 2.24) is 10.2 Å². The van der Waals surface area contributed by atoms with Crippen LogP contribution in [0.4, 0.5) is 0 Å². The molecule has 3 heteroatoms. The lowest BCUT2D eigenvalue weighted by Gasteiger charge is -2.24. The summed E-state index contributed by atoms with van der Waals surface area (Å²) in [4.78, 5) is 2.66. The molecule has 2 saturated carbocycles. The Labute approximate surface area is 137 Å². The van der Waals surface area contributed by atoms with Crippen LogP contribution in [-0.4, -0.2) is 23.5 Å². The van der Waals surface area contributed by atoms with Gasteiger partial charge in [-0.05, 0) is 48.8 Å². The maximum atomic E-state index is 3.78. The Morgan fingerprint density at radius 2 is 2.00 bits per heavy atom. The van der Waals surface area contributed by atoms with E-state index in [1.165, 1.54) is 47.8 Å². The summed E-state index contributed by atoms with van der Waals surface area (Å²) >= 11 is 3.78. The summed E-state index contributed by atoms with van der Waals surface area (Å²) in [6.07, 6.45) is 5.47. The molecular formula is C18H27BrN2. The molecule has 21 heavy (non-hydrogen) atoms. The number of rotatable bonds is 8. The third-order valence-corrected chi connectivity index (χ3v) is 5.06. The Morgan fingerprint density at radius 3 is 2.57 bits per heavy atom. The van der Waals surface area contributed by atoms with Crippen LogP contribution in [0, 0.1) is 5.92 Å². The molecule has 0 unspecified atom stereocenters. The quantitative estimate of drug-likeness (QED) is 0.750. The van der Waals surface area contributed by atoms with Gasteiger partial charge in [0.2, 0.25) is 0 Å². The highest BCUT2D eigenvalue weighted by atomic mass is 79.9. The van der Waals surface area contributed by atoms with Gasteiger partial charge in [-0.15, -0.1) is 0 Å². The molecule has 0 bridgehead atoms. The van der Waals surface area contributed by atoms with Crippen LogP contribution in [0.5, 0.6) is 0 Å². The van der Waals surface area contributed by atoms with Crippen LogP contribution >= 0.6 is 15.9 Å². The molecule has 0 aliphatic heterocycles. The van der Waals surface area contributed by atoms with E-state index in [1.807, 2.05) is 0 Å². The lowest BCUT2D eigenvalue weighted by atomic mass is 10.1. The van der Waals surface area contributed by atoms with E-state index in [2.05, 4.69) is 58.2 Å². The van der Waals surface area contributed by atoms with Crippen LogP contribution in [0.25, 0.3) is 0 Å². The zero-order valence-corrected chi connectivity index (χ0v) is 14.8. The third kappa shape index (κ3) is 4.80. The molecule has 0 spiro atoms. The second-order valence-electron chi connectivity index (χ2n) is 7.14. The van der Waals surface area contributed by atoms with Crippen molar-refractivity contribution in [3.63, 3.8) is 0 Å². The molecule has 2 aliphatic rings. The number of benzene rings is 1. The Hall–Kier alpha value is -0.380. The van der Waals surface area contributed by atoms with Gasteiger partial charge >= 0.3 is 0 Å². The topological polar surface area (TPSA) is 15.3 Å². The van der Waals surface area contributed by atoms with Crippen LogP contribution in [0.2, 0.25) is 0 Å². The number of hydrogen-bond acceptors (Lipinski definition) is 2. The summed E-state index contributed by atoms with van der Waals surface area (Å²) in [6, 6.07) is 8.50. The minimum absolute atomic E-state index is 0.742. The lowest BCUT2D eigenvalue weighted by molar-refractivity contribution is 0.225. The number of halogens is 1. The van der Waals surface area contributed by atoms with E-state index in [0.29, 0.717) is 0 Å². The molecule has 0 aromatic heterocycles. The fourth-order valence-electron chi connectivity index (χ4n) is 2.85.